The molecule has 0 aliphatic rings. The minimum absolute atomic E-state index is 0. The molecule has 27 heavy (non-hydrogen) atoms. The van der Waals surface area contributed by atoms with Crippen molar-refractivity contribution in [2.75, 3.05) is 0 Å². The van der Waals surface area contributed by atoms with E-state index in [1.165, 1.54) is 16.7 Å². The van der Waals surface area contributed by atoms with Gasteiger partial charge >= 0.3 is 0 Å². The Morgan fingerprint density at radius 1 is 0.370 bits per heavy atom. The van der Waals surface area contributed by atoms with Gasteiger partial charge in [-0.05, 0) is 57.2 Å². The molecule has 0 amide bonds. The second-order valence-corrected chi connectivity index (χ2v) is 7.06. The third kappa shape index (κ3) is 15.3. The van der Waals surface area contributed by atoms with Crippen LogP contribution in [0.5, 0.6) is 0 Å². The highest BCUT2D eigenvalue weighted by molar-refractivity contribution is 7.80. The van der Waals surface area contributed by atoms with Crippen LogP contribution in [-0.2, 0) is 0 Å². The Kier molecular flexibility index (Phi) is 18.7. The molecule has 0 nitrogen and oxygen atoms in total. The smallest absolute Gasteiger partial charge is 0.00401 e. The standard InChI is InChI=1S/3C7H8S.3FH/c3*1-6-2-4-7(8)5-3-6;;;/h3*2-5,8H,1H3;3*1H. The normalized spacial score (nSPS) is 8.22. The van der Waals surface area contributed by atoms with Gasteiger partial charge in [0.25, 0.3) is 0 Å². The van der Waals surface area contributed by atoms with Gasteiger partial charge in [-0.15, -0.1) is 37.9 Å². The number of aryl methyl sites for hydroxylation is 3. The van der Waals surface area contributed by atoms with Crippen LogP contribution in [0.15, 0.2) is 87.5 Å². The topological polar surface area (TPSA) is 0 Å². The molecule has 0 N–H and O–H groups in total. The molecule has 0 aliphatic carbocycles. The van der Waals surface area contributed by atoms with Crippen molar-refractivity contribution in [3.8, 4) is 0 Å². The molecule has 0 aromatic heterocycles. The van der Waals surface area contributed by atoms with Crippen LogP contribution in [0.2, 0.25) is 0 Å². The first kappa shape index (κ1) is 30.2. The summed E-state index contributed by atoms with van der Waals surface area (Å²) in [6.07, 6.45) is 0. The maximum absolute atomic E-state index is 4.13. The molecule has 3 aromatic rings. The fourth-order valence-electron chi connectivity index (χ4n) is 1.63. The summed E-state index contributed by atoms with van der Waals surface area (Å²) in [7, 11) is 0. The molecule has 0 atom stereocenters. The van der Waals surface area contributed by atoms with Gasteiger partial charge in [0.2, 0.25) is 0 Å². The number of hydrogen-bond donors (Lipinski definition) is 3. The molecule has 0 heterocycles. The fraction of sp³-hybridized carbons (Fsp3) is 0.143. The Bertz CT molecular complexity index is 547. The number of hydrogen-bond acceptors (Lipinski definition) is 3. The zero-order valence-electron chi connectivity index (χ0n) is 15.5. The van der Waals surface area contributed by atoms with E-state index in [1.807, 2.05) is 72.8 Å². The van der Waals surface area contributed by atoms with Crippen LogP contribution in [0.1, 0.15) is 16.7 Å². The predicted molar refractivity (Wildman–Crippen MR) is 123 cm³/mol. The molecule has 0 unspecified atom stereocenters. The Morgan fingerprint density at radius 3 is 0.630 bits per heavy atom. The zero-order chi connectivity index (χ0) is 17.9. The first-order chi connectivity index (χ1) is 11.4. The summed E-state index contributed by atoms with van der Waals surface area (Å²) >= 11 is 12.4. The molecule has 3 rings (SSSR count). The molecule has 0 saturated heterocycles. The molecular formula is C21H27F3S3. The zero-order valence-corrected chi connectivity index (χ0v) is 18.2. The maximum atomic E-state index is 4.13. The van der Waals surface area contributed by atoms with Crippen molar-refractivity contribution in [1.29, 1.82) is 0 Å². The summed E-state index contributed by atoms with van der Waals surface area (Å²) in [6.45, 7) is 6.19. The van der Waals surface area contributed by atoms with E-state index < -0.39 is 0 Å². The summed E-state index contributed by atoms with van der Waals surface area (Å²) in [5.74, 6) is 0. The van der Waals surface area contributed by atoms with E-state index in [2.05, 4.69) is 58.7 Å². The fourth-order valence-corrected chi connectivity index (χ4v) is 2.08. The van der Waals surface area contributed by atoms with Crippen LogP contribution in [-0.4, -0.2) is 0 Å². The lowest BCUT2D eigenvalue weighted by Gasteiger charge is -1.89. The van der Waals surface area contributed by atoms with E-state index in [9.17, 15) is 0 Å². The lowest BCUT2D eigenvalue weighted by atomic mass is 10.2. The first-order valence-electron chi connectivity index (χ1n) is 7.63. The molecule has 3 aromatic carbocycles. The van der Waals surface area contributed by atoms with Gasteiger partial charge in [-0.1, -0.05) is 53.1 Å². The van der Waals surface area contributed by atoms with E-state index in [0.29, 0.717) is 0 Å². The monoisotopic (exact) mass is 432 g/mol. The van der Waals surface area contributed by atoms with Gasteiger partial charge in [-0.25, -0.2) is 0 Å². The molecule has 0 aliphatic heterocycles. The second-order valence-electron chi connectivity index (χ2n) is 5.51. The highest BCUT2D eigenvalue weighted by atomic mass is 32.1. The van der Waals surface area contributed by atoms with Gasteiger partial charge in [0.05, 0.1) is 0 Å². The second kappa shape index (κ2) is 16.7. The Labute approximate surface area is 176 Å². The highest BCUT2D eigenvalue weighted by Gasteiger charge is 1.82. The van der Waals surface area contributed by atoms with Gasteiger partial charge in [-0.3, -0.25) is 14.1 Å². The van der Waals surface area contributed by atoms with Gasteiger partial charge in [0.15, 0.2) is 0 Å². The molecular weight excluding hydrogens is 405 g/mol. The molecule has 0 saturated carbocycles. The van der Waals surface area contributed by atoms with Gasteiger partial charge < -0.3 is 0 Å². The van der Waals surface area contributed by atoms with Gasteiger partial charge in [0.1, 0.15) is 0 Å². The van der Waals surface area contributed by atoms with Crippen molar-refractivity contribution in [2.45, 2.75) is 35.5 Å². The molecule has 0 spiro atoms. The quantitative estimate of drug-likeness (QED) is 0.305. The van der Waals surface area contributed by atoms with E-state index in [0.717, 1.165) is 14.7 Å². The maximum Gasteiger partial charge on any atom is 0.00401 e. The number of rotatable bonds is 0. The van der Waals surface area contributed by atoms with Crippen LogP contribution in [0.3, 0.4) is 0 Å². The van der Waals surface area contributed by atoms with E-state index in [1.54, 1.807) is 0 Å². The predicted octanol–water partition coefficient (Wildman–Crippen LogP) is 7.31. The Morgan fingerprint density at radius 2 is 0.519 bits per heavy atom. The van der Waals surface area contributed by atoms with E-state index in [-0.39, 0.29) is 14.1 Å². The molecule has 0 radical (unpaired) electrons. The van der Waals surface area contributed by atoms with E-state index in [4.69, 9.17) is 0 Å². The van der Waals surface area contributed by atoms with Crippen molar-refractivity contribution in [2.24, 2.45) is 0 Å². The lowest BCUT2D eigenvalue weighted by Crippen LogP contribution is -1.67. The first-order valence-corrected chi connectivity index (χ1v) is 8.98. The SMILES string of the molecule is Cc1ccc(S)cc1.Cc1ccc(S)cc1.Cc1ccc(S)cc1.F.F.F. The summed E-state index contributed by atoms with van der Waals surface area (Å²) in [4.78, 5) is 3.07. The Hall–Kier alpha value is -1.50. The molecule has 0 fully saturated rings. The third-order valence-corrected chi connectivity index (χ3v) is 4.00. The van der Waals surface area contributed by atoms with Crippen LogP contribution in [0.25, 0.3) is 0 Å². The molecule has 0 bridgehead atoms. The number of thiol groups is 3. The average Bonchev–Trinajstić information content (AvgIpc) is 2.57. The van der Waals surface area contributed by atoms with Crippen molar-refractivity contribution in [3.63, 3.8) is 0 Å². The van der Waals surface area contributed by atoms with Crippen LogP contribution in [0.4, 0.5) is 14.1 Å². The van der Waals surface area contributed by atoms with Crippen molar-refractivity contribution < 1.29 is 14.1 Å². The molecule has 6 heteroatoms. The lowest BCUT2D eigenvalue weighted by molar-refractivity contribution is 1.11. The average molecular weight is 433 g/mol. The number of benzene rings is 3. The summed E-state index contributed by atoms with van der Waals surface area (Å²) in [5.41, 5.74) is 3.84. The van der Waals surface area contributed by atoms with Gasteiger partial charge in [-0.2, -0.15) is 0 Å². The van der Waals surface area contributed by atoms with Crippen molar-refractivity contribution in [3.05, 3.63) is 89.5 Å². The third-order valence-electron chi connectivity index (χ3n) is 3.10. The van der Waals surface area contributed by atoms with Crippen molar-refractivity contribution in [1.82, 2.24) is 0 Å². The number of halogens is 3. The Balaban J connectivity index is -0.000000303. The van der Waals surface area contributed by atoms with Crippen molar-refractivity contribution >= 4 is 37.9 Å². The summed E-state index contributed by atoms with van der Waals surface area (Å²) < 4.78 is 0. The van der Waals surface area contributed by atoms with Gasteiger partial charge in [0, 0.05) is 14.7 Å². The largest absolute Gasteiger partial charge is 0.269 e. The van der Waals surface area contributed by atoms with Crippen LogP contribution in [0, 0.1) is 20.8 Å². The summed E-state index contributed by atoms with van der Waals surface area (Å²) in [5, 5.41) is 0. The van der Waals surface area contributed by atoms with Crippen LogP contribution < -0.4 is 0 Å². The van der Waals surface area contributed by atoms with E-state index >= 15 is 0 Å². The highest BCUT2D eigenvalue weighted by Crippen LogP contribution is 2.06. The minimum Gasteiger partial charge on any atom is -0.269 e. The van der Waals surface area contributed by atoms with Crippen LogP contribution >= 0.6 is 37.9 Å². The minimum atomic E-state index is 0. The summed E-state index contributed by atoms with van der Waals surface area (Å²) in [6, 6.07) is 24.2. The molecule has 150 valence electrons.